The van der Waals surface area contributed by atoms with Crippen molar-refractivity contribution in [1.29, 1.82) is 0 Å². The van der Waals surface area contributed by atoms with Crippen molar-refractivity contribution in [3.8, 4) is 0 Å². The van der Waals surface area contributed by atoms with Crippen LogP contribution in [0.5, 0.6) is 0 Å². The molecule has 0 radical (unpaired) electrons. The van der Waals surface area contributed by atoms with Gasteiger partial charge in [-0.3, -0.25) is 0 Å². The second-order valence-electron chi connectivity index (χ2n) is 6.57. The van der Waals surface area contributed by atoms with Crippen molar-refractivity contribution in [1.82, 2.24) is 5.32 Å². The molecule has 0 aliphatic heterocycles. The van der Waals surface area contributed by atoms with Gasteiger partial charge in [0.25, 0.3) is 0 Å². The maximum Gasteiger partial charge on any atom is 0.0810 e. The lowest BCUT2D eigenvalue weighted by molar-refractivity contribution is -0.103. The summed E-state index contributed by atoms with van der Waals surface area (Å²) in [4.78, 5) is 0. The average Bonchev–Trinajstić information content (AvgIpc) is 2.82. The molecule has 0 heterocycles. The van der Waals surface area contributed by atoms with Crippen LogP contribution in [0.4, 0.5) is 0 Å². The third-order valence-electron chi connectivity index (χ3n) is 4.77. The minimum Gasteiger partial charge on any atom is -0.370 e. The quantitative estimate of drug-likeness (QED) is 0.725. The van der Waals surface area contributed by atoms with Crippen molar-refractivity contribution in [3.63, 3.8) is 0 Å². The van der Waals surface area contributed by atoms with Gasteiger partial charge in [-0.05, 0) is 57.4 Å². The first-order chi connectivity index (χ1) is 8.74. The molecule has 0 aromatic rings. The highest BCUT2D eigenvalue weighted by atomic mass is 16.5. The summed E-state index contributed by atoms with van der Waals surface area (Å²) < 4.78 is 6.57. The lowest BCUT2D eigenvalue weighted by atomic mass is 9.88. The van der Waals surface area contributed by atoms with Crippen LogP contribution in [0.2, 0.25) is 0 Å². The number of ether oxygens (including phenoxy) is 1. The van der Waals surface area contributed by atoms with E-state index in [2.05, 4.69) is 19.2 Å². The summed E-state index contributed by atoms with van der Waals surface area (Å²) in [6.07, 6.45) is 12.3. The Balaban J connectivity index is 1.81. The number of nitrogens with one attached hydrogen (secondary N) is 1. The second-order valence-corrected chi connectivity index (χ2v) is 6.57. The minimum atomic E-state index is 0.181. The fourth-order valence-electron chi connectivity index (χ4n) is 3.55. The van der Waals surface area contributed by atoms with E-state index in [4.69, 9.17) is 4.74 Å². The first-order valence-corrected chi connectivity index (χ1v) is 8.13. The van der Waals surface area contributed by atoms with Gasteiger partial charge in [-0.15, -0.1) is 0 Å². The molecule has 2 aliphatic rings. The van der Waals surface area contributed by atoms with E-state index >= 15 is 0 Å². The standard InChI is InChI=1S/C16H31NO/c1-3-12-17-13-16(10-4-5-11-16)18-15-8-6-14(2)7-9-15/h14-15,17H,3-13H2,1-2H3. The Hall–Kier alpha value is -0.0800. The Labute approximate surface area is 113 Å². The van der Waals surface area contributed by atoms with Crippen molar-refractivity contribution in [2.75, 3.05) is 13.1 Å². The Morgan fingerprint density at radius 2 is 1.78 bits per heavy atom. The molecule has 0 aromatic carbocycles. The van der Waals surface area contributed by atoms with E-state index in [-0.39, 0.29) is 5.60 Å². The average molecular weight is 253 g/mol. The van der Waals surface area contributed by atoms with Crippen molar-refractivity contribution in [2.24, 2.45) is 5.92 Å². The predicted octanol–water partition coefficient (Wildman–Crippen LogP) is 3.89. The van der Waals surface area contributed by atoms with Crippen LogP contribution >= 0.6 is 0 Å². The first-order valence-electron chi connectivity index (χ1n) is 8.13. The number of hydrogen-bond acceptors (Lipinski definition) is 2. The molecule has 0 amide bonds. The molecule has 0 saturated heterocycles. The summed E-state index contributed by atoms with van der Waals surface area (Å²) in [5, 5.41) is 3.59. The van der Waals surface area contributed by atoms with Gasteiger partial charge < -0.3 is 10.1 Å². The molecular formula is C16H31NO. The fourth-order valence-corrected chi connectivity index (χ4v) is 3.55. The van der Waals surface area contributed by atoms with E-state index < -0.39 is 0 Å². The second kappa shape index (κ2) is 6.91. The molecule has 2 heteroatoms. The Morgan fingerprint density at radius 3 is 2.39 bits per heavy atom. The van der Waals surface area contributed by atoms with Gasteiger partial charge >= 0.3 is 0 Å². The Bertz CT molecular complexity index is 227. The molecule has 0 spiro atoms. The number of hydrogen-bond donors (Lipinski definition) is 1. The zero-order valence-corrected chi connectivity index (χ0v) is 12.3. The summed E-state index contributed by atoms with van der Waals surface area (Å²) in [6, 6.07) is 0. The first kappa shape index (κ1) is 14.3. The lowest BCUT2D eigenvalue weighted by Gasteiger charge is -2.37. The van der Waals surface area contributed by atoms with Crippen LogP contribution in [0.1, 0.15) is 71.6 Å². The van der Waals surface area contributed by atoms with Gasteiger partial charge in [0.15, 0.2) is 0 Å². The van der Waals surface area contributed by atoms with E-state index in [1.165, 1.54) is 57.8 Å². The van der Waals surface area contributed by atoms with Crippen LogP contribution in [0.3, 0.4) is 0 Å². The fraction of sp³-hybridized carbons (Fsp3) is 1.00. The Kier molecular flexibility index (Phi) is 5.50. The van der Waals surface area contributed by atoms with E-state index in [0.29, 0.717) is 6.10 Å². The summed E-state index contributed by atoms with van der Waals surface area (Å²) >= 11 is 0. The zero-order chi connectivity index (χ0) is 12.8. The Morgan fingerprint density at radius 1 is 1.11 bits per heavy atom. The van der Waals surface area contributed by atoms with Gasteiger partial charge in [0.1, 0.15) is 0 Å². The van der Waals surface area contributed by atoms with E-state index in [0.717, 1.165) is 19.0 Å². The maximum absolute atomic E-state index is 6.57. The topological polar surface area (TPSA) is 21.3 Å². The third-order valence-corrected chi connectivity index (χ3v) is 4.77. The molecule has 0 bridgehead atoms. The van der Waals surface area contributed by atoms with Crippen LogP contribution in [0.15, 0.2) is 0 Å². The van der Waals surface area contributed by atoms with Gasteiger partial charge in [-0.1, -0.05) is 26.7 Å². The van der Waals surface area contributed by atoms with Crippen LogP contribution in [-0.2, 0) is 4.74 Å². The smallest absolute Gasteiger partial charge is 0.0810 e. The highest BCUT2D eigenvalue weighted by Crippen LogP contribution is 2.37. The normalized spacial score (nSPS) is 31.7. The van der Waals surface area contributed by atoms with Crippen molar-refractivity contribution in [2.45, 2.75) is 83.3 Å². The van der Waals surface area contributed by atoms with Gasteiger partial charge in [0.2, 0.25) is 0 Å². The monoisotopic (exact) mass is 253 g/mol. The summed E-state index contributed by atoms with van der Waals surface area (Å²) in [5.41, 5.74) is 0.181. The largest absolute Gasteiger partial charge is 0.370 e. The van der Waals surface area contributed by atoms with Crippen LogP contribution in [0.25, 0.3) is 0 Å². The van der Waals surface area contributed by atoms with Gasteiger partial charge in [0.05, 0.1) is 11.7 Å². The summed E-state index contributed by atoms with van der Waals surface area (Å²) in [7, 11) is 0. The van der Waals surface area contributed by atoms with Gasteiger partial charge in [-0.2, -0.15) is 0 Å². The van der Waals surface area contributed by atoms with Crippen LogP contribution < -0.4 is 5.32 Å². The van der Waals surface area contributed by atoms with Crippen LogP contribution in [-0.4, -0.2) is 24.8 Å². The molecule has 2 nitrogen and oxygen atoms in total. The molecular weight excluding hydrogens is 222 g/mol. The predicted molar refractivity (Wildman–Crippen MR) is 76.9 cm³/mol. The highest BCUT2D eigenvalue weighted by molar-refractivity contribution is 4.90. The molecule has 2 rings (SSSR count). The van der Waals surface area contributed by atoms with Crippen LogP contribution in [0, 0.1) is 5.92 Å². The van der Waals surface area contributed by atoms with Crippen molar-refractivity contribution >= 4 is 0 Å². The minimum absolute atomic E-state index is 0.181. The van der Waals surface area contributed by atoms with E-state index in [9.17, 15) is 0 Å². The molecule has 2 fully saturated rings. The molecule has 1 N–H and O–H groups in total. The third kappa shape index (κ3) is 3.96. The molecule has 2 aliphatic carbocycles. The van der Waals surface area contributed by atoms with Gasteiger partial charge in [0, 0.05) is 6.54 Å². The maximum atomic E-state index is 6.57. The van der Waals surface area contributed by atoms with Crippen molar-refractivity contribution in [3.05, 3.63) is 0 Å². The SMILES string of the molecule is CCCNCC1(OC2CCC(C)CC2)CCCC1. The molecule has 0 aromatic heterocycles. The molecule has 0 atom stereocenters. The number of rotatable bonds is 6. The lowest BCUT2D eigenvalue weighted by Crippen LogP contribution is -2.44. The molecule has 106 valence electrons. The summed E-state index contributed by atoms with van der Waals surface area (Å²) in [6.45, 7) is 6.82. The van der Waals surface area contributed by atoms with E-state index in [1.54, 1.807) is 0 Å². The molecule has 0 unspecified atom stereocenters. The highest BCUT2D eigenvalue weighted by Gasteiger charge is 2.37. The van der Waals surface area contributed by atoms with E-state index in [1.807, 2.05) is 0 Å². The van der Waals surface area contributed by atoms with Gasteiger partial charge in [-0.25, -0.2) is 0 Å². The van der Waals surface area contributed by atoms with Crippen molar-refractivity contribution < 1.29 is 4.74 Å². The molecule has 18 heavy (non-hydrogen) atoms. The zero-order valence-electron chi connectivity index (χ0n) is 12.3. The summed E-state index contributed by atoms with van der Waals surface area (Å²) in [5.74, 6) is 0.919. The molecule has 2 saturated carbocycles.